The van der Waals surface area contributed by atoms with Crippen LogP contribution in [0, 0.1) is 5.92 Å². The predicted molar refractivity (Wildman–Crippen MR) is 128 cm³/mol. The third-order valence-corrected chi connectivity index (χ3v) is 6.12. The highest BCUT2D eigenvalue weighted by Crippen LogP contribution is 2.35. The lowest BCUT2D eigenvalue weighted by atomic mass is 9.96. The van der Waals surface area contributed by atoms with Gasteiger partial charge in [-0.1, -0.05) is 60.7 Å². The summed E-state index contributed by atoms with van der Waals surface area (Å²) in [5.74, 6) is 0.580. The predicted octanol–water partition coefficient (Wildman–Crippen LogP) is 4.30. The van der Waals surface area contributed by atoms with Crippen molar-refractivity contribution in [1.29, 1.82) is 0 Å². The molecule has 0 aliphatic carbocycles. The molecule has 33 heavy (non-hydrogen) atoms. The average Bonchev–Trinajstić information content (AvgIpc) is 3.26. The minimum absolute atomic E-state index is 0.0518. The summed E-state index contributed by atoms with van der Waals surface area (Å²) in [5.41, 5.74) is 2.75. The van der Waals surface area contributed by atoms with Gasteiger partial charge >= 0.3 is 0 Å². The van der Waals surface area contributed by atoms with E-state index in [0.29, 0.717) is 23.7 Å². The fourth-order valence-electron chi connectivity index (χ4n) is 4.44. The first-order valence-corrected chi connectivity index (χ1v) is 10.9. The second-order valence-corrected chi connectivity index (χ2v) is 8.12. The van der Waals surface area contributed by atoms with E-state index in [-0.39, 0.29) is 24.3 Å². The molecule has 1 fully saturated rings. The first kappa shape index (κ1) is 22.4. The Hall–Kier alpha value is -3.80. The van der Waals surface area contributed by atoms with Crippen molar-refractivity contribution < 1.29 is 19.1 Å². The van der Waals surface area contributed by atoms with Gasteiger partial charge in [0, 0.05) is 31.8 Å². The third-order valence-electron chi connectivity index (χ3n) is 6.12. The fraction of sp³-hybridized carbons (Fsp3) is 0.259. The van der Waals surface area contributed by atoms with Crippen molar-refractivity contribution in [1.82, 2.24) is 4.90 Å². The number of rotatable bonds is 7. The van der Waals surface area contributed by atoms with E-state index in [9.17, 15) is 9.59 Å². The van der Waals surface area contributed by atoms with Gasteiger partial charge in [0.1, 0.15) is 0 Å². The minimum Gasteiger partial charge on any atom is -0.493 e. The lowest BCUT2D eigenvalue weighted by Gasteiger charge is -2.31. The first-order valence-electron chi connectivity index (χ1n) is 10.9. The Balaban J connectivity index is 1.58. The molecule has 0 bridgehead atoms. The smallest absolute Gasteiger partial charge is 0.228 e. The summed E-state index contributed by atoms with van der Waals surface area (Å²) in [6.07, 6.45) is 0.174. The molecule has 1 unspecified atom stereocenters. The molecule has 170 valence electrons. The van der Waals surface area contributed by atoms with Gasteiger partial charge in [-0.15, -0.1) is 0 Å². The van der Waals surface area contributed by atoms with Gasteiger partial charge in [-0.2, -0.15) is 0 Å². The van der Waals surface area contributed by atoms with Crippen LogP contribution in [-0.2, 0) is 9.59 Å². The molecule has 1 atom stereocenters. The monoisotopic (exact) mass is 444 g/mol. The highest BCUT2D eigenvalue weighted by molar-refractivity contribution is 6.00. The lowest BCUT2D eigenvalue weighted by Crippen LogP contribution is -2.37. The zero-order valence-corrected chi connectivity index (χ0v) is 19.1. The highest BCUT2D eigenvalue weighted by atomic mass is 16.5. The van der Waals surface area contributed by atoms with E-state index in [4.69, 9.17) is 9.47 Å². The number of benzene rings is 3. The van der Waals surface area contributed by atoms with Crippen molar-refractivity contribution in [2.24, 2.45) is 5.92 Å². The number of ether oxygens (including phenoxy) is 2. The van der Waals surface area contributed by atoms with Crippen molar-refractivity contribution in [3.8, 4) is 11.5 Å². The number of anilines is 1. The molecular weight excluding hydrogens is 416 g/mol. The lowest BCUT2D eigenvalue weighted by molar-refractivity contribution is -0.136. The van der Waals surface area contributed by atoms with E-state index in [1.165, 1.54) is 0 Å². The summed E-state index contributed by atoms with van der Waals surface area (Å²) in [4.78, 5) is 29.9. The van der Waals surface area contributed by atoms with Gasteiger partial charge in [-0.25, -0.2) is 0 Å². The standard InChI is InChI=1S/C27H28N2O4/c1-28(26(19-10-6-4-7-11-19)20-12-8-5-9-13-20)27(31)21-16-25(30)29(18-21)22-14-15-23(32-2)24(17-22)33-3/h4-15,17,21,26H,16,18H2,1-3H3. The molecule has 1 aliphatic heterocycles. The number of methoxy groups -OCH3 is 2. The number of hydrogen-bond donors (Lipinski definition) is 0. The molecule has 1 heterocycles. The largest absolute Gasteiger partial charge is 0.493 e. The Morgan fingerprint density at radius 2 is 1.48 bits per heavy atom. The number of hydrogen-bond acceptors (Lipinski definition) is 4. The Morgan fingerprint density at radius 3 is 2.03 bits per heavy atom. The molecule has 0 saturated carbocycles. The molecule has 6 nitrogen and oxygen atoms in total. The number of carbonyl (C=O) groups is 2. The first-order chi connectivity index (χ1) is 16.0. The number of nitrogens with zero attached hydrogens (tertiary/aromatic N) is 2. The number of amides is 2. The zero-order chi connectivity index (χ0) is 23.4. The highest BCUT2D eigenvalue weighted by Gasteiger charge is 2.38. The van der Waals surface area contributed by atoms with E-state index >= 15 is 0 Å². The van der Waals surface area contributed by atoms with Crippen LogP contribution in [0.5, 0.6) is 11.5 Å². The molecule has 3 aromatic carbocycles. The van der Waals surface area contributed by atoms with Crippen LogP contribution in [0.25, 0.3) is 0 Å². The Kier molecular flexibility index (Phi) is 6.63. The fourth-order valence-corrected chi connectivity index (χ4v) is 4.44. The van der Waals surface area contributed by atoms with E-state index < -0.39 is 5.92 Å². The van der Waals surface area contributed by atoms with Gasteiger partial charge in [-0.05, 0) is 23.3 Å². The normalized spacial score (nSPS) is 15.6. The van der Waals surface area contributed by atoms with E-state index in [1.807, 2.05) is 73.8 Å². The molecule has 0 aromatic heterocycles. The van der Waals surface area contributed by atoms with Crippen LogP contribution in [0.3, 0.4) is 0 Å². The second kappa shape index (κ2) is 9.77. The third kappa shape index (κ3) is 4.55. The van der Waals surface area contributed by atoms with E-state index in [1.54, 1.807) is 36.2 Å². The van der Waals surface area contributed by atoms with Gasteiger partial charge in [0.2, 0.25) is 11.8 Å². The summed E-state index contributed by atoms with van der Waals surface area (Å²) in [7, 11) is 4.94. The van der Waals surface area contributed by atoms with Crippen molar-refractivity contribution in [3.05, 3.63) is 90.0 Å². The van der Waals surface area contributed by atoms with Crippen LogP contribution in [0.15, 0.2) is 78.9 Å². The van der Waals surface area contributed by atoms with Gasteiger partial charge in [0.05, 0.1) is 26.2 Å². The second-order valence-electron chi connectivity index (χ2n) is 8.12. The summed E-state index contributed by atoms with van der Waals surface area (Å²) < 4.78 is 10.7. The van der Waals surface area contributed by atoms with Crippen LogP contribution in [0.2, 0.25) is 0 Å². The number of carbonyl (C=O) groups excluding carboxylic acids is 2. The molecule has 0 spiro atoms. The van der Waals surface area contributed by atoms with Gasteiger partial charge < -0.3 is 19.3 Å². The van der Waals surface area contributed by atoms with Gasteiger partial charge in [-0.3, -0.25) is 9.59 Å². The van der Waals surface area contributed by atoms with Crippen LogP contribution in [-0.4, -0.2) is 44.5 Å². The van der Waals surface area contributed by atoms with Crippen molar-refractivity contribution in [2.75, 3.05) is 32.7 Å². The maximum absolute atomic E-state index is 13.6. The summed E-state index contributed by atoms with van der Waals surface area (Å²) in [6, 6.07) is 25.0. The van der Waals surface area contributed by atoms with Crippen LogP contribution in [0.1, 0.15) is 23.6 Å². The quantitative estimate of drug-likeness (QED) is 0.545. The van der Waals surface area contributed by atoms with Crippen LogP contribution >= 0.6 is 0 Å². The average molecular weight is 445 g/mol. The summed E-state index contributed by atoms with van der Waals surface area (Å²) in [6.45, 7) is 0.327. The van der Waals surface area contributed by atoms with Crippen LogP contribution in [0.4, 0.5) is 5.69 Å². The molecule has 4 rings (SSSR count). The summed E-state index contributed by atoms with van der Waals surface area (Å²) in [5, 5.41) is 0. The van der Waals surface area contributed by atoms with E-state index in [2.05, 4.69) is 0 Å². The van der Waals surface area contributed by atoms with Crippen molar-refractivity contribution in [2.45, 2.75) is 12.5 Å². The maximum Gasteiger partial charge on any atom is 0.228 e. The van der Waals surface area contributed by atoms with Gasteiger partial charge in [0.25, 0.3) is 0 Å². The summed E-state index contributed by atoms with van der Waals surface area (Å²) >= 11 is 0. The van der Waals surface area contributed by atoms with Gasteiger partial charge in [0.15, 0.2) is 11.5 Å². The molecular formula is C27H28N2O4. The molecule has 3 aromatic rings. The Bertz CT molecular complexity index is 1080. The maximum atomic E-state index is 13.6. The molecule has 0 radical (unpaired) electrons. The minimum atomic E-state index is -0.425. The molecule has 1 aliphatic rings. The van der Waals surface area contributed by atoms with Crippen molar-refractivity contribution >= 4 is 17.5 Å². The van der Waals surface area contributed by atoms with Crippen molar-refractivity contribution in [3.63, 3.8) is 0 Å². The molecule has 2 amide bonds. The molecule has 0 N–H and O–H groups in total. The van der Waals surface area contributed by atoms with E-state index in [0.717, 1.165) is 11.1 Å². The Labute approximate surface area is 194 Å². The Morgan fingerprint density at radius 1 is 0.909 bits per heavy atom. The zero-order valence-electron chi connectivity index (χ0n) is 19.1. The SMILES string of the molecule is COc1ccc(N2CC(C(=O)N(C)C(c3ccccc3)c3ccccc3)CC2=O)cc1OC. The van der Waals surface area contributed by atoms with Crippen LogP contribution < -0.4 is 14.4 Å². The molecule has 6 heteroatoms. The topological polar surface area (TPSA) is 59.1 Å². The molecule has 1 saturated heterocycles.